The van der Waals surface area contributed by atoms with Crippen molar-refractivity contribution in [3.8, 4) is 0 Å². The zero-order chi connectivity index (χ0) is 19.3. The van der Waals surface area contributed by atoms with E-state index in [-0.39, 0.29) is 24.0 Å². The van der Waals surface area contributed by atoms with Crippen molar-refractivity contribution < 1.29 is 4.52 Å². The third-order valence-corrected chi connectivity index (χ3v) is 5.89. The van der Waals surface area contributed by atoms with Crippen LogP contribution in [-0.4, -0.2) is 58.6 Å². The zero-order valence-electron chi connectivity index (χ0n) is 17.3. The molecule has 2 aromatic rings. The number of aromatic nitrogens is 2. The first-order valence-corrected chi connectivity index (χ1v) is 10.3. The smallest absolute Gasteiger partial charge is 0.246 e. The van der Waals surface area contributed by atoms with Crippen LogP contribution in [-0.2, 0) is 13.1 Å². The van der Waals surface area contributed by atoms with E-state index < -0.39 is 0 Å². The molecule has 0 bridgehead atoms. The number of nitrogens with one attached hydrogen (secondary N) is 1. The number of piperidine rings is 2. The van der Waals surface area contributed by atoms with E-state index in [4.69, 9.17) is 4.52 Å². The third kappa shape index (κ3) is 5.48. The van der Waals surface area contributed by atoms with Gasteiger partial charge in [-0.2, -0.15) is 4.98 Å². The maximum atomic E-state index is 5.20. The molecule has 2 atom stereocenters. The molecule has 4 rings (SSSR count). The van der Waals surface area contributed by atoms with Crippen LogP contribution in [0.15, 0.2) is 39.8 Å². The Bertz CT molecular complexity index is 795. The van der Waals surface area contributed by atoms with Gasteiger partial charge in [0.1, 0.15) is 0 Å². The molecule has 7 nitrogen and oxygen atoms in total. The minimum absolute atomic E-state index is 0. The summed E-state index contributed by atoms with van der Waals surface area (Å²) in [6.45, 7) is 6.69. The first-order valence-electron chi connectivity index (χ1n) is 10.3. The van der Waals surface area contributed by atoms with E-state index in [0.717, 1.165) is 25.6 Å². The van der Waals surface area contributed by atoms with Crippen molar-refractivity contribution in [3.63, 3.8) is 0 Å². The van der Waals surface area contributed by atoms with Crippen LogP contribution in [0.1, 0.15) is 36.5 Å². The maximum Gasteiger partial charge on any atom is 0.246 e. The first-order chi connectivity index (χ1) is 13.7. The Morgan fingerprint density at radius 1 is 1.24 bits per heavy atom. The van der Waals surface area contributed by atoms with Gasteiger partial charge >= 0.3 is 0 Å². The van der Waals surface area contributed by atoms with Crippen LogP contribution in [0, 0.1) is 12.8 Å². The van der Waals surface area contributed by atoms with Crippen LogP contribution in [0.25, 0.3) is 0 Å². The summed E-state index contributed by atoms with van der Waals surface area (Å²) in [5.74, 6) is 2.87. The molecule has 0 aliphatic carbocycles. The number of likely N-dealkylation sites (tertiary alicyclic amines) is 2. The number of fused-ring (bicyclic) bond motifs is 1. The zero-order valence-corrected chi connectivity index (χ0v) is 19.6. The number of rotatable bonds is 4. The van der Waals surface area contributed by atoms with E-state index >= 15 is 0 Å². The fourth-order valence-electron chi connectivity index (χ4n) is 4.61. The highest BCUT2D eigenvalue weighted by Gasteiger charge is 2.36. The molecule has 2 saturated heterocycles. The molecule has 2 fully saturated rings. The van der Waals surface area contributed by atoms with Gasteiger partial charge in [-0.25, -0.2) is 0 Å². The van der Waals surface area contributed by atoms with Gasteiger partial charge in [-0.15, -0.1) is 24.0 Å². The fraction of sp³-hybridized carbons (Fsp3) is 0.571. The summed E-state index contributed by atoms with van der Waals surface area (Å²) in [6.07, 6.45) is 3.75. The highest BCUT2D eigenvalue weighted by atomic mass is 127. The number of hydrogen-bond donors (Lipinski definition) is 1. The van der Waals surface area contributed by atoms with Gasteiger partial charge in [0.25, 0.3) is 0 Å². The number of hydrogen-bond acceptors (Lipinski definition) is 5. The Balaban J connectivity index is 0.00000240. The van der Waals surface area contributed by atoms with E-state index in [9.17, 15) is 0 Å². The predicted molar refractivity (Wildman–Crippen MR) is 124 cm³/mol. The average Bonchev–Trinajstić information content (AvgIpc) is 3.14. The molecule has 8 heteroatoms. The molecule has 2 aliphatic heterocycles. The minimum Gasteiger partial charge on any atom is -0.347 e. The van der Waals surface area contributed by atoms with E-state index in [1.54, 1.807) is 0 Å². The van der Waals surface area contributed by atoms with Gasteiger partial charge in [0.2, 0.25) is 5.89 Å². The molecule has 2 aliphatic rings. The molecule has 0 radical (unpaired) electrons. The average molecular weight is 510 g/mol. The Morgan fingerprint density at radius 2 is 2.07 bits per heavy atom. The number of benzene rings is 1. The van der Waals surface area contributed by atoms with Crippen molar-refractivity contribution in [3.05, 3.63) is 47.6 Å². The highest BCUT2D eigenvalue weighted by Crippen LogP contribution is 2.31. The molecule has 0 spiro atoms. The summed E-state index contributed by atoms with van der Waals surface area (Å²) in [4.78, 5) is 13.8. The van der Waals surface area contributed by atoms with Crippen LogP contribution in [0.2, 0.25) is 0 Å². The van der Waals surface area contributed by atoms with Crippen LogP contribution in [0.3, 0.4) is 0 Å². The van der Waals surface area contributed by atoms with Crippen molar-refractivity contribution in [2.75, 3.05) is 26.7 Å². The Kier molecular flexibility index (Phi) is 7.88. The molecule has 0 amide bonds. The lowest BCUT2D eigenvalue weighted by Gasteiger charge is -2.48. The topological polar surface area (TPSA) is 69.8 Å². The van der Waals surface area contributed by atoms with Crippen LogP contribution < -0.4 is 5.32 Å². The van der Waals surface area contributed by atoms with Gasteiger partial charge in [-0.05, 0) is 44.2 Å². The second-order valence-electron chi connectivity index (χ2n) is 7.80. The van der Waals surface area contributed by atoms with Crippen LogP contribution in [0.5, 0.6) is 0 Å². The molecule has 1 aromatic heterocycles. The molecule has 2 unspecified atom stereocenters. The molecule has 1 N–H and O–H groups in total. The Labute approximate surface area is 190 Å². The molecule has 1 aromatic carbocycles. The minimum atomic E-state index is 0. The highest BCUT2D eigenvalue weighted by molar-refractivity contribution is 14.0. The molecule has 158 valence electrons. The van der Waals surface area contributed by atoms with Gasteiger partial charge in [-0.1, -0.05) is 35.5 Å². The number of halogens is 1. The largest absolute Gasteiger partial charge is 0.347 e. The number of aryl methyl sites for hydroxylation is 1. The third-order valence-electron chi connectivity index (χ3n) is 5.89. The van der Waals surface area contributed by atoms with E-state index in [1.165, 1.54) is 31.4 Å². The quantitative estimate of drug-likeness (QED) is 0.388. The SMILES string of the molecule is CN=C(NCc1nc(C)no1)N1CCC2C(CCCN2Cc2ccccc2)C1.I. The lowest BCUT2D eigenvalue weighted by molar-refractivity contribution is 0.0372. The lowest BCUT2D eigenvalue weighted by atomic mass is 9.83. The van der Waals surface area contributed by atoms with Crippen molar-refractivity contribution in [1.29, 1.82) is 0 Å². The first kappa shape index (κ1) is 22.0. The van der Waals surface area contributed by atoms with Crippen molar-refractivity contribution in [1.82, 2.24) is 25.3 Å². The number of aliphatic imine (C=N–C) groups is 1. The summed E-state index contributed by atoms with van der Waals surface area (Å²) < 4.78 is 5.20. The second-order valence-corrected chi connectivity index (χ2v) is 7.80. The van der Waals surface area contributed by atoms with Gasteiger partial charge in [0, 0.05) is 32.7 Å². The second kappa shape index (κ2) is 10.4. The van der Waals surface area contributed by atoms with E-state index in [2.05, 4.69) is 60.6 Å². The molecule has 29 heavy (non-hydrogen) atoms. The summed E-state index contributed by atoms with van der Waals surface area (Å²) in [5, 5.41) is 7.23. The van der Waals surface area contributed by atoms with Crippen molar-refractivity contribution in [2.45, 2.75) is 45.3 Å². The van der Waals surface area contributed by atoms with Crippen LogP contribution >= 0.6 is 24.0 Å². The lowest BCUT2D eigenvalue weighted by Crippen LogP contribution is -2.56. The molecular formula is C21H31IN6O. The summed E-state index contributed by atoms with van der Waals surface area (Å²) in [6, 6.07) is 11.5. The summed E-state index contributed by atoms with van der Waals surface area (Å²) >= 11 is 0. The normalized spacial score (nSPS) is 22.7. The van der Waals surface area contributed by atoms with Gasteiger partial charge in [-0.3, -0.25) is 9.89 Å². The monoisotopic (exact) mass is 510 g/mol. The number of guanidine groups is 1. The molecule has 3 heterocycles. The Hall–Kier alpha value is -1.68. The predicted octanol–water partition coefficient (Wildman–Crippen LogP) is 3.06. The van der Waals surface area contributed by atoms with Gasteiger partial charge in [0.05, 0.1) is 6.54 Å². The van der Waals surface area contributed by atoms with Gasteiger partial charge in [0.15, 0.2) is 11.8 Å². The van der Waals surface area contributed by atoms with Gasteiger partial charge < -0.3 is 14.7 Å². The van der Waals surface area contributed by atoms with Crippen LogP contribution in [0.4, 0.5) is 0 Å². The summed E-state index contributed by atoms with van der Waals surface area (Å²) in [7, 11) is 1.84. The van der Waals surface area contributed by atoms with Crippen molar-refractivity contribution in [2.24, 2.45) is 10.9 Å². The van der Waals surface area contributed by atoms with E-state index in [1.807, 2.05) is 14.0 Å². The number of nitrogens with zero attached hydrogens (tertiary/aromatic N) is 5. The van der Waals surface area contributed by atoms with E-state index in [0.29, 0.717) is 30.2 Å². The molecular weight excluding hydrogens is 479 g/mol. The maximum absolute atomic E-state index is 5.20. The standard InChI is InChI=1S/C21H30N6O.HI/c1-16-24-20(28-25-16)13-23-21(22-2)27-12-10-19-18(15-27)9-6-11-26(19)14-17-7-4-3-5-8-17;/h3-5,7-8,18-19H,6,9-15H2,1-2H3,(H,22,23);1H. The summed E-state index contributed by atoms with van der Waals surface area (Å²) in [5.41, 5.74) is 1.41. The van der Waals surface area contributed by atoms with Crippen molar-refractivity contribution >= 4 is 29.9 Å². The fourth-order valence-corrected chi connectivity index (χ4v) is 4.61. The molecule has 0 saturated carbocycles. The Morgan fingerprint density at radius 3 is 2.79 bits per heavy atom.